The van der Waals surface area contributed by atoms with Crippen LogP contribution in [-0.4, -0.2) is 22.2 Å². The lowest BCUT2D eigenvalue weighted by atomic mass is 10.1. The second-order valence-electron chi connectivity index (χ2n) is 5.75. The number of nitrogens with zero attached hydrogens (tertiary/aromatic N) is 4. The van der Waals surface area contributed by atoms with E-state index in [9.17, 15) is 4.39 Å². The summed E-state index contributed by atoms with van der Waals surface area (Å²) in [4.78, 5) is 10.6. The molecule has 0 saturated carbocycles. The van der Waals surface area contributed by atoms with E-state index in [2.05, 4.69) is 15.1 Å². The molecule has 3 heterocycles. The monoisotopic (exact) mass is 334 g/mol. The first-order chi connectivity index (χ1) is 12.2. The molecule has 1 aromatic carbocycles. The summed E-state index contributed by atoms with van der Waals surface area (Å²) in [6.07, 6.45) is 3.56. The maximum absolute atomic E-state index is 14.0. The molecule has 3 aromatic heterocycles. The average molecular weight is 334 g/mol. The highest BCUT2D eigenvalue weighted by Crippen LogP contribution is 2.30. The molecule has 0 saturated heterocycles. The number of pyridine rings is 2. The van der Waals surface area contributed by atoms with Crippen molar-refractivity contribution in [3.63, 3.8) is 0 Å². The van der Waals surface area contributed by atoms with Gasteiger partial charge in [0, 0.05) is 31.5 Å². The molecule has 4 aromatic rings. The normalized spacial score (nSPS) is 11.0. The highest BCUT2D eigenvalue weighted by atomic mass is 19.1. The molecular formula is C19H15FN4O. The molecule has 0 unspecified atom stereocenters. The number of hydrogen-bond acceptors (Lipinski definition) is 5. The van der Waals surface area contributed by atoms with Crippen LogP contribution < -0.4 is 4.90 Å². The number of aromatic nitrogens is 3. The second kappa shape index (κ2) is 6.32. The maximum atomic E-state index is 14.0. The summed E-state index contributed by atoms with van der Waals surface area (Å²) in [7, 11) is 1.94. The lowest BCUT2D eigenvalue weighted by molar-refractivity contribution is 0.451. The number of hydrogen-bond donors (Lipinski definition) is 0. The Bertz CT molecular complexity index is 1020. The van der Waals surface area contributed by atoms with Gasteiger partial charge in [-0.2, -0.15) is 4.98 Å². The van der Waals surface area contributed by atoms with E-state index in [4.69, 9.17) is 4.52 Å². The Kier molecular flexibility index (Phi) is 3.85. The van der Waals surface area contributed by atoms with E-state index in [0.29, 0.717) is 28.9 Å². The van der Waals surface area contributed by atoms with Crippen molar-refractivity contribution in [2.75, 3.05) is 11.9 Å². The summed E-state index contributed by atoms with van der Waals surface area (Å²) >= 11 is 0. The molecule has 124 valence electrons. The van der Waals surface area contributed by atoms with Crippen molar-refractivity contribution in [1.29, 1.82) is 0 Å². The fourth-order valence-electron chi connectivity index (χ4n) is 2.73. The molecule has 5 nitrogen and oxygen atoms in total. The summed E-state index contributed by atoms with van der Waals surface area (Å²) in [6, 6.07) is 14.1. The molecule has 0 fully saturated rings. The van der Waals surface area contributed by atoms with E-state index in [1.54, 1.807) is 24.4 Å². The van der Waals surface area contributed by atoms with Crippen LogP contribution in [0.3, 0.4) is 0 Å². The van der Waals surface area contributed by atoms with Gasteiger partial charge in [0.2, 0.25) is 0 Å². The first-order valence-corrected chi connectivity index (χ1v) is 7.84. The molecule has 0 amide bonds. The SMILES string of the molecule is CN(Cc1cccnc1)c1ccc2c(-c3ccccc3F)noc2n1. The van der Waals surface area contributed by atoms with E-state index < -0.39 is 0 Å². The Morgan fingerprint density at radius 3 is 2.76 bits per heavy atom. The first-order valence-electron chi connectivity index (χ1n) is 7.84. The lowest BCUT2D eigenvalue weighted by Gasteiger charge is -2.17. The fourth-order valence-corrected chi connectivity index (χ4v) is 2.73. The number of benzene rings is 1. The van der Waals surface area contributed by atoms with Crippen LogP contribution in [0.15, 0.2) is 65.4 Å². The highest BCUT2D eigenvalue weighted by Gasteiger charge is 2.16. The lowest BCUT2D eigenvalue weighted by Crippen LogP contribution is -2.17. The van der Waals surface area contributed by atoms with E-state index in [1.807, 2.05) is 42.4 Å². The largest absolute Gasteiger partial charge is 0.355 e. The Labute approximate surface area is 143 Å². The van der Waals surface area contributed by atoms with Gasteiger partial charge in [-0.15, -0.1) is 0 Å². The van der Waals surface area contributed by atoms with Crippen LogP contribution in [-0.2, 0) is 6.54 Å². The minimum atomic E-state index is -0.338. The zero-order valence-corrected chi connectivity index (χ0v) is 13.6. The summed E-state index contributed by atoms with van der Waals surface area (Å²) in [5, 5.41) is 4.69. The third-order valence-electron chi connectivity index (χ3n) is 3.99. The summed E-state index contributed by atoms with van der Waals surface area (Å²) < 4.78 is 19.3. The Balaban J connectivity index is 1.67. The summed E-state index contributed by atoms with van der Waals surface area (Å²) in [5.74, 6) is 0.406. The molecule has 4 rings (SSSR count). The van der Waals surface area contributed by atoms with Gasteiger partial charge in [0.05, 0.1) is 5.39 Å². The number of halogens is 1. The van der Waals surface area contributed by atoms with Gasteiger partial charge in [-0.05, 0) is 35.9 Å². The Morgan fingerprint density at radius 1 is 1.08 bits per heavy atom. The van der Waals surface area contributed by atoms with Crippen molar-refractivity contribution < 1.29 is 8.91 Å². The van der Waals surface area contributed by atoms with Gasteiger partial charge in [-0.25, -0.2) is 4.39 Å². The average Bonchev–Trinajstić information content (AvgIpc) is 3.06. The molecule has 25 heavy (non-hydrogen) atoms. The van der Waals surface area contributed by atoms with E-state index in [1.165, 1.54) is 6.07 Å². The minimum absolute atomic E-state index is 0.338. The fraction of sp³-hybridized carbons (Fsp3) is 0.105. The molecule has 0 atom stereocenters. The van der Waals surface area contributed by atoms with Gasteiger partial charge in [0.25, 0.3) is 5.71 Å². The number of anilines is 1. The van der Waals surface area contributed by atoms with Crippen molar-refractivity contribution >= 4 is 16.9 Å². The second-order valence-corrected chi connectivity index (χ2v) is 5.75. The van der Waals surface area contributed by atoms with E-state index in [-0.39, 0.29) is 5.82 Å². The molecule has 0 aliphatic carbocycles. The first kappa shape index (κ1) is 15.3. The third kappa shape index (κ3) is 2.94. The van der Waals surface area contributed by atoms with E-state index in [0.717, 1.165) is 11.4 Å². The summed E-state index contributed by atoms with van der Waals surface area (Å²) in [6.45, 7) is 0.667. The Hall–Kier alpha value is -3.28. The van der Waals surface area contributed by atoms with Crippen molar-refractivity contribution in [1.82, 2.24) is 15.1 Å². The maximum Gasteiger partial charge on any atom is 0.260 e. The van der Waals surface area contributed by atoms with Crippen LogP contribution in [0.5, 0.6) is 0 Å². The molecule has 6 heteroatoms. The van der Waals surface area contributed by atoms with Crippen molar-refractivity contribution in [2.24, 2.45) is 0 Å². The minimum Gasteiger partial charge on any atom is -0.355 e. The standard InChI is InChI=1S/C19H15FN4O/c1-24(12-13-5-4-10-21-11-13)17-9-8-15-18(23-25-19(15)22-17)14-6-2-3-7-16(14)20/h2-11H,12H2,1H3. The molecular weight excluding hydrogens is 319 g/mol. The topological polar surface area (TPSA) is 55.1 Å². The number of rotatable bonds is 4. The molecule has 0 radical (unpaired) electrons. The highest BCUT2D eigenvalue weighted by molar-refractivity contribution is 5.90. The van der Waals surface area contributed by atoms with Crippen LogP contribution in [0.25, 0.3) is 22.4 Å². The predicted octanol–water partition coefficient (Wildman–Crippen LogP) is 4.06. The van der Waals surface area contributed by atoms with Gasteiger partial charge in [0.1, 0.15) is 17.3 Å². The van der Waals surface area contributed by atoms with Crippen LogP contribution in [0.1, 0.15) is 5.56 Å². The zero-order chi connectivity index (χ0) is 17.2. The third-order valence-corrected chi connectivity index (χ3v) is 3.99. The molecule has 0 aliphatic rings. The van der Waals surface area contributed by atoms with Crippen LogP contribution in [0.2, 0.25) is 0 Å². The quantitative estimate of drug-likeness (QED) is 0.563. The molecule has 0 N–H and O–H groups in total. The molecule has 0 bridgehead atoms. The summed E-state index contributed by atoms with van der Waals surface area (Å²) in [5.41, 5.74) is 2.33. The van der Waals surface area contributed by atoms with E-state index >= 15 is 0 Å². The molecule has 0 spiro atoms. The smallest absolute Gasteiger partial charge is 0.260 e. The van der Waals surface area contributed by atoms with Crippen molar-refractivity contribution in [3.05, 3.63) is 72.3 Å². The van der Waals surface area contributed by atoms with Crippen LogP contribution in [0, 0.1) is 5.82 Å². The van der Waals surface area contributed by atoms with Crippen molar-refractivity contribution in [3.8, 4) is 11.3 Å². The zero-order valence-electron chi connectivity index (χ0n) is 13.6. The Morgan fingerprint density at radius 2 is 1.96 bits per heavy atom. The van der Waals surface area contributed by atoms with Crippen LogP contribution >= 0.6 is 0 Å². The van der Waals surface area contributed by atoms with Crippen LogP contribution in [0.4, 0.5) is 10.2 Å². The molecule has 0 aliphatic heterocycles. The predicted molar refractivity (Wildman–Crippen MR) is 93.5 cm³/mol. The van der Waals surface area contributed by atoms with Crippen molar-refractivity contribution in [2.45, 2.75) is 6.54 Å². The number of fused-ring (bicyclic) bond motifs is 1. The van der Waals surface area contributed by atoms with Gasteiger partial charge >= 0.3 is 0 Å². The van der Waals surface area contributed by atoms with Gasteiger partial charge in [-0.3, -0.25) is 4.98 Å². The van der Waals surface area contributed by atoms with Gasteiger partial charge < -0.3 is 9.42 Å². The van der Waals surface area contributed by atoms with Gasteiger partial charge in [0.15, 0.2) is 0 Å². The van der Waals surface area contributed by atoms with Gasteiger partial charge in [-0.1, -0.05) is 23.4 Å².